The Morgan fingerprint density at radius 2 is 2.00 bits per heavy atom. The number of fused-ring (bicyclic) bond motifs is 2. The highest BCUT2D eigenvalue weighted by Gasteiger charge is 2.42. The molecule has 4 unspecified atom stereocenters. The number of aliphatic carboxylic acids is 1. The Balaban J connectivity index is 1.64. The van der Waals surface area contributed by atoms with Crippen molar-refractivity contribution in [2.24, 2.45) is 17.8 Å². The third-order valence-corrected chi connectivity index (χ3v) is 6.72. The highest BCUT2D eigenvalue weighted by atomic mass is 32.2. The van der Waals surface area contributed by atoms with Gasteiger partial charge in [0.2, 0.25) is 0 Å². The molecule has 3 aliphatic rings. The van der Waals surface area contributed by atoms with Crippen molar-refractivity contribution in [1.29, 1.82) is 0 Å². The summed E-state index contributed by atoms with van der Waals surface area (Å²) in [4.78, 5) is 11.0. The molecule has 0 aromatic heterocycles. The van der Waals surface area contributed by atoms with Gasteiger partial charge in [-0.1, -0.05) is 6.42 Å². The molecule has 2 bridgehead atoms. The van der Waals surface area contributed by atoms with Crippen LogP contribution < -0.4 is 4.72 Å². The first-order chi connectivity index (χ1) is 9.45. The molecule has 4 atom stereocenters. The number of carboxylic acids is 1. The molecule has 6 nitrogen and oxygen atoms in total. The van der Waals surface area contributed by atoms with E-state index in [1.165, 1.54) is 10.7 Å². The van der Waals surface area contributed by atoms with Crippen LogP contribution in [0.1, 0.15) is 38.5 Å². The number of rotatable bonds is 4. The number of piperidine rings is 1. The van der Waals surface area contributed by atoms with Gasteiger partial charge in [0, 0.05) is 19.1 Å². The number of carboxylic acid groups (broad SMARTS) is 1. The van der Waals surface area contributed by atoms with Gasteiger partial charge in [0.1, 0.15) is 0 Å². The molecular weight excluding hydrogens is 280 g/mol. The highest BCUT2D eigenvalue weighted by Crippen LogP contribution is 2.44. The lowest BCUT2D eigenvalue weighted by atomic mass is 9.96. The number of hydrogen-bond donors (Lipinski definition) is 2. The van der Waals surface area contributed by atoms with E-state index in [9.17, 15) is 13.2 Å². The number of carbonyl (C=O) groups is 1. The Morgan fingerprint density at radius 3 is 2.60 bits per heavy atom. The molecule has 2 aliphatic carbocycles. The van der Waals surface area contributed by atoms with E-state index in [-0.39, 0.29) is 12.6 Å². The van der Waals surface area contributed by atoms with Crippen LogP contribution >= 0.6 is 0 Å². The zero-order valence-corrected chi connectivity index (χ0v) is 12.3. The molecule has 3 fully saturated rings. The van der Waals surface area contributed by atoms with Crippen LogP contribution in [0, 0.1) is 17.8 Å². The van der Waals surface area contributed by atoms with Gasteiger partial charge in [-0.3, -0.25) is 4.79 Å². The third-order valence-electron chi connectivity index (χ3n) is 5.11. The van der Waals surface area contributed by atoms with Crippen LogP contribution in [0.2, 0.25) is 0 Å². The van der Waals surface area contributed by atoms with Crippen LogP contribution in [0.4, 0.5) is 0 Å². The maximum Gasteiger partial charge on any atom is 0.307 e. The summed E-state index contributed by atoms with van der Waals surface area (Å²) in [5.74, 6) is -0.305. The molecule has 3 rings (SSSR count). The van der Waals surface area contributed by atoms with Gasteiger partial charge in [-0.25, -0.2) is 0 Å². The van der Waals surface area contributed by atoms with Crippen LogP contribution in [0.3, 0.4) is 0 Å². The lowest BCUT2D eigenvalue weighted by Gasteiger charge is -2.32. The standard InChI is InChI=1S/C13H22N2O4S/c16-13(17)11-2-1-5-15(8-11)20(18,19)14-12-7-9-3-4-10(12)6-9/h9-12,14H,1-8H2,(H,16,17). The summed E-state index contributed by atoms with van der Waals surface area (Å²) in [5, 5.41) is 9.05. The molecule has 20 heavy (non-hydrogen) atoms. The fourth-order valence-corrected chi connectivity index (χ4v) is 5.58. The molecule has 0 radical (unpaired) electrons. The van der Waals surface area contributed by atoms with Crippen LogP contribution in [-0.2, 0) is 15.0 Å². The zero-order chi connectivity index (χ0) is 14.3. The molecule has 0 spiro atoms. The van der Waals surface area contributed by atoms with Crippen molar-refractivity contribution in [3.63, 3.8) is 0 Å². The van der Waals surface area contributed by atoms with Crippen molar-refractivity contribution in [3.05, 3.63) is 0 Å². The van der Waals surface area contributed by atoms with Crippen LogP contribution in [0.15, 0.2) is 0 Å². The number of nitrogens with one attached hydrogen (secondary N) is 1. The Bertz CT molecular complexity index is 493. The van der Waals surface area contributed by atoms with E-state index in [1.54, 1.807) is 0 Å². The lowest BCUT2D eigenvalue weighted by molar-refractivity contribution is -0.142. The average molecular weight is 302 g/mol. The molecule has 0 amide bonds. The van der Waals surface area contributed by atoms with Gasteiger partial charge in [0.15, 0.2) is 0 Å². The van der Waals surface area contributed by atoms with Gasteiger partial charge < -0.3 is 5.11 Å². The first-order valence-electron chi connectivity index (χ1n) is 7.46. The third kappa shape index (κ3) is 2.71. The first kappa shape index (κ1) is 14.3. The molecule has 1 heterocycles. The van der Waals surface area contributed by atoms with E-state index in [1.807, 2.05) is 0 Å². The maximum absolute atomic E-state index is 12.4. The first-order valence-corrected chi connectivity index (χ1v) is 8.90. The summed E-state index contributed by atoms with van der Waals surface area (Å²) in [6, 6.07) is 0.0592. The van der Waals surface area contributed by atoms with Crippen LogP contribution in [-0.4, -0.2) is 42.9 Å². The van der Waals surface area contributed by atoms with Gasteiger partial charge in [-0.15, -0.1) is 0 Å². The van der Waals surface area contributed by atoms with Gasteiger partial charge in [0.25, 0.3) is 10.2 Å². The molecule has 0 aromatic rings. The second kappa shape index (κ2) is 5.27. The zero-order valence-electron chi connectivity index (χ0n) is 11.5. The Kier molecular flexibility index (Phi) is 3.77. The summed E-state index contributed by atoms with van der Waals surface area (Å²) in [6.07, 6.45) is 5.62. The van der Waals surface area contributed by atoms with Crippen LogP contribution in [0.5, 0.6) is 0 Å². The minimum Gasteiger partial charge on any atom is -0.481 e. The molecule has 2 saturated carbocycles. The second-order valence-electron chi connectivity index (χ2n) is 6.44. The van der Waals surface area contributed by atoms with Crippen molar-refractivity contribution < 1.29 is 18.3 Å². The van der Waals surface area contributed by atoms with Crippen molar-refractivity contribution in [1.82, 2.24) is 9.03 Å². The van der Waals surface area contributed by atoms with Crippen molar-refractivity contribution >= 4 is 16.2 Å². The SMILES string of the molecule is O=C(O)C1CCCN(S(=O)(=O)NC2CC3CCC2C3)C1. The Morgan fingerprint density at radius 1 is 1.20 bits per heavy atom. The maximum atomic E-state index is 12.4. The predicted molar refractivity (Wildman–Crippen MR) is 73.2 cm³/mol. The number of hydrogen-bond acceptors (Lipinski definition) is 3. The van der Waals surface area contributed by atoms with Gasteiger partial charge in [-0.2, -0.15) is 17.4 Å². The minimum absolute atomic E-state index is 0.0592. The van der Waals surface area contributed by atoms with Crippen molar-refractivity contribution in [2.45, 2.75) is 44.6 Å². The molecule has 7 heteroatoms. The molecule has 2 N–H and O–H groups in total. The fourth-order valence-electron chi connectivity index (χ4n) is 4.02. The topological polar surface area (TPSA) is 86.7 Å². The molecule has 0 aromatic carbocycles. The number of nitrogens with zero attached hydrogens (tertiary/aromatic N) is 1. The largest absolute Gasteiger partial charge is 0.481 e. The fraction of sp³-hybridized carbons (Fsp3) is 0.923. The molecule has 114 valence electrons. The normalized spacial score (nSPS) is 38.2. The second-order valence-corrected chi connectivity index (χ2v) is 8.14. The van der Waals surface area contributed by atoms with Gasteiger partial charge >= 0.3 is 5.97 Å². The lowest BCUT2D eigenvalue weighted by Crippen LogP contribution is -2.51. The van der Waals surface area contributed by atoms with E-state index in [2.05, 4.69) is 4.72 Å². The van der Waals surface area contributed by atoms with E-state index in [0.717, 1.165) is 19.3 Å². The summed E-state index contributed by atoms with van der Waals surface area (Å²) < 4.78 is 29.0. The molecule has 1 aliphatic heterocycles. The highest BCUT2D eigenvalue weighted by molar-refractivity contribution is 7.87. The summed E-state index contributed by atoms with van der Waals surface area (Å²) in [7, 11) is -3.54. The van der Waals surface area contributed by atoms with Crippen molar-refractivity contribution in [3.8, 4) is 0 Å². The Hall–Kier alpha value is -0.660. The quantitative estimate of drug-likeness (QED) is 0.804. The van der Waals surface area contributed by atoms with E-state index >= 15 is 0 Å². The minimum atomic E-state index is -3.54. The van der Waals surface area contributed by atoms with Gasteiger partial charge in [0.05, 0.1) is 5.92 Å². The average Bonchev–Trinajstić information content (AvgIpc) is 3.00. The molecule has 1 saturated heterocycles. The van der Waals surface area contributed by atoms with Gasteiger partial charge in [-0.05, 0) is 43.9 Å². The summed E-state index contributed by atoms with van der Waals surface area (Å²) in [5.41, 5.74) is 0. The Labute approximate surface area is 119 Å². The molecular formula is C13H22N2O4S. The predicted octanol–water partition coefficient (Wildman–Crippen LogP) is 0.806. The summed E-state index contributed by atoms with van der Waals surface area (Å²) in [6.45, 7) is 0.533. The smallest absolute Gasteiger partial charge is 0.307 e. The summed E-state index contributed by atoms with van der Waals surface area (Å²) >= 11 is 0. The monoisotopic (exact) mass is 302 g/mol. The van der Waals surface area contributed by atoms with E-state index in [4.69, 9.17) is 5.11 Å². The van der Waals surface area contributed by atoms with E-state index in [0.29, 0.717) is 31.2 Å². The van der Waals surface area contributed by atoms with Crippen LogP contribution in [0.25, 0.3) is 0 Å². The van der Waals surface area contributed by atoms with E-state index < -0.39 is 22.1 Å². The van der Waals surface area contributed by atoms with Crippen molar-refractivity contribution in [2.75, 3.05) is 13.1 Å².